The summed E-state index contributed by atoms with van der Waals surface area (Å²) >= 11 is 3.42. The van der Waals surface area contributed by atoms with Crippen LogP contribution >= 0.6 is 15.9 Å². The lowest BCUT2D eigenvalue weighted by Gasteiger charge is -2.08. The van der Waals surface area contributed by atoms with Gasteiger partial charge in [-0.15, -0.1) is 0 Å². The largest absolute Gasteiger partial charge is 0.436 e. The number of halogens is 2. The molecule has 0 aliphatic heterocycles. The third-order valence-electron chi connectivity index (χ3n) is 3.10. The first-order valence-corrected chi connectivity index (χ1v) is 7.08. The molecule has 3 rings (SSSR count). The van der Waals surface area contributed by atoms with Crippen molar-refractivity contribution in [2.24, 2.45) is 0 Å². The Hall–Kier alpha value is -1.98. The number of hydrogen-bond acceptors (Lipinski definition) is 3. The van der Waals surface area contributed by atoms with E-state index in [-0.39, 0.29) is 11.4 Å². The number of hydrogen-bond donors (Lipinski definition) is 1. The van der Waals surface area contributed by atoms with Gasteiger partial charge >= 0.3 is 0 Å². The van der Waals surface area contributed by atoms with Crippen LogP contribution in [0.25, 0.3) is 10.8 Å². The minimum Gasteiger partial charge on any atom is -0.436 e. The summed E-state index contributed by atoms with van der Waals surface area (Å²) < 4.78 is 20.4. The van der Waals surface area contributed by atoms with E-state index in [1.807, 2.05) is 30.3 Å². The summed E-state index contributed by atoms with van der Waals surface area (Å²) in [5, 5.41) is 11.1. The Morgan fingerprint density at radius 3 is 2.67 bits per heavy atom. The molecule has 3 nitrogen and oxygen atoms in total. The zero-order valence-electron chi connectivity index (χ0n) is 10.9. The van der Waals surface area contributed by atoms with Gasteiger partial charge in [0.25, 0.3) is 5.88 Å². The monoisotopic (exact) mass is 347 g/mol. The molecule has 3 aromatic rings. The Bertz CT molecular complexity index is 807. The van der Waals surface area contributed by atoms with Crippen molar-refractivity contribution in [2.75, 3.05) is 0 Å². The average Bonchev–Trinajstić information content (AvgIpc) is 2.49. The van der Waals surface area contributed by atoms with Crippen molar-refractivity contribution in [3.8, 4) is 11.6 Å². The number of ether oxygens (including phenoxy) is 1. The van der Waals surface area contributed by atoms with Gasteiger partial charge in [0.1, 0.15) is 5.75 Å². The second-order valence-electron chi connectivity index (χ2n) is 4.50. The highest BCUT2D eigenvalue weighted by molar-refractivity contribution is 9.10. The first-order valence-electron chi connectivity index (χ1n) is 6.29. The van der Waals surface area contributed by atoms with Crippen molar-refractivity contribution in [3.05, 3.63) is 64.5 Å². The van der Waals surface area contributed by atoms with Crippen LogP contribution in [0.15, 0.2) is 53.1 Å². The Morgan fingerprint density at radius 2 is 1.86 bits per heavy atom. The lowest BCUT2D eigenvalue weighted by Crippen LogP contribution is -1.97. The molecule has 0 atom stereocenters. The summed E-state index contributed by atoms with van der Waals surface area (Å²) in [6.45, 7) is -0.392. The SMILES string of the molecule is OCc1ccnc(Oc2ccc3cc(Br)ccc3c2)c1F. The molecule has 5 heteroatoms. The van der Waals surface area contributed by atoms with Crippen molar-refractivity contribution < 1.29 is 14.2 Å². The summed E-state index contributed by atoms with van der Waals surface area (Å²) in [5.74, 6) is -0.291. The van der Waals surface area contributed by atoms with Gasteiger partial charge in [0, 0.05) is 16.2 Å². The molecule has 21 heavy (non-hydrogen) atoms. The van der Waals surface area contributed by atoms with E-state index in [1.54, 1.807) is 6.07 Å². The highest BCUT2D eigenvalue weighted by atomic mass is 79.9. The van der Waals surface area contributed by atoms with E-state index >= 15 is 0 Å². The van der Waals surface area contributed by atoms with Crippen LogP contribution in [0.4, 0.5) is 4.39 Å². The van der Waals surface area contributed by atoms with Gasteiger partial charge in [-0.2, -0.15) is 0 Å². The smallest absolute Gasteiger partial charge is 0.256 e. The van der Waals surface area contributed by atoms with Crippen molar-refractivity contribution in [1.29, 1.82) is 0 Å². The third-order valence-corrected chi connectivity index (χ3v) is 3.59. The minimum atomic E-state index is -0.643. The third kappa shape index (κ3) is 2.89. The van der Waals surface area contributed by atoms with Gasteiger partial charge in [0.05, 0.1) is 6.61 Å². The van der Waals surface area contributed by atoms with Crippen LogP contribution < -0.4 is 4.74 Å². The normalized spacial score (nSPS) is 10.8. The van der Waals surface area contributed by atoms with E-state index in [0.29, 0.717) is 5.75 Å². The van der Waals surface area contributed by atoms with E-state index in [4.69, 9.17) is 9.84 Å². The number of nitrogens with zero attached hydrogens (tertiary/aromatic N) is 1. The van der Waals surface area contributed by atoms with Gasteiger partial charge in [-0.3, -0.25) is 0 Å². The predicted molar refractivity (Wildman–Crippen MR) is 81.8 cm³/mol. The van der Waals surface area contributed by atoms with Crippen molar-refractivity contribution in [2.45, 2.75) is 6.61 Å². The molecule has 0 aliphatic rings. The van der Waals surface area contributed by atoms with Crippen LogP contribution in [-0.2, 0) is 6.61 Å². The van der Waals surface area contributed by atoms with E-state index in [0.717, 1.165) is 15.2 Å². The van der Waals surface area contributed by atoms with Crippen molar-refractivity contribution >= 4 is 26.7 Å². The fourth-order valence-corrected chi connectivity index (χ4v) is 2.40. The quantitative estimate of drug-likeness (QED) is 0.762. The summed E-state index contributed by atoms with van der Waals surface area (Å²) in [6, 6.07) is 12.7. The van der Waals surface area contributed by atoms with Crippen LogP contribution in [0, 0.1) is 5.82 Å². The Labute approximate surface area is 129 Å². The Morgan fingerprint density at radius 1 is 1.10 bits per heavy atom. The molecular formula is C16H11BrFNO2. The number of fused-ring (bicyclic) bond motifs is 1. The maximum Gasteiger partial charge on any atom is 0.256 e. The highest BCUT2D eigenvalue weighted by Gasteiger charge is 2.11. The predicted octanol–water partition coefficient (Wildman–Crippen LogP) is 4.42. The molecule has 2 aromatic carbocycles. The topological polar surface area (TPSA) is 42.4 Å². The molecule has 0 saturated carbocycles. The number of pyridine rings is 1. The van der Waals surface area contributed by atoms with Gasteiger partial charge < -0.3 is 9.84 Å². The first kappa shape index (κ1) is 14.0. The second-order valence-corrected chi connectivity index (χ2v) is 5.42. The molecule has 1 heterocycles. The molecule has 0 bridgehead atoms. The molecule has 0 unspecified atom stereocenters. The van der Waals surface area contributed by atoms with Crippen LogP contribution in [0.2, 0.25) is 0 Å². The molecule has 0 saturated heterocycles. The molecule has 0 fully saturated rings. The number of aromatic nitrogens is 1. The first-order chi connectivity index (χ1) is 10.2. The molecule has 0 aliphatic carbocycles. The van der Waals surface area contributed by atoms with E-state index < -0.39 is 12.4 Å². The zero-order valence-corrected chi connectivity index (χ0v) is 12.5. The standard InChI is InChI=1S/C16H11BrFNO2/c17-13-3-1-11-8-14(4-2-10(11)7-13)21-16-15(18)12(9-20)5-6-19-16/h1-8,20H,9H2. The van der Waals surface area contributed by atoms with Crippen LogP contribution in [0.3, 0.4) is 0 Å². The van der Waals surface area contributed by atoms with Crippen LogP contribution in [0.1, 0.15) is 5.56 Å². The van der Waals surface area contributed by atoms with Gasteiger partial charge in [-0.1, -0.05) is 28.1 Å². The van der Waals surface area contributed by atoms with Crippen molar-refractivity contribution in [3.63, 3.8) is 0 Å². The fraction of sp³-hybridized carbons (Fsp3) is 0.0625. The maximum absolute atomic E-state index is 14.0. The highest BCUT2D eigenvalue weighted by Crippen LogP contribution is 2.28. The molecule has 0 amide bonds. The fourth-order valence-electron chi connectivity index (χ4n) is 2.03. The summed E-state index contributed by atoms with van der Waals surface area (Å²) in [6.07, 6.45) is 1.40. The molecule has 0 spiro atoms. The van der Waals surface area contributed by atoms with Gasteiger partial charge in [0.15, 0.2) is 5.82 Å². The van der Waals surface area contributed by atoms with Crippen LogP contribution in [-0.4, -0.2) is 10.1 Å². The van der Waals surface area contributed by atoms with Gasteiger partial charge in [0.2, 0.25) is 0 Å². The van der Waals surface area contributed by atoms with Crippen molar-refractivity contribution in [1.82, 2.24) is 4.98 Å². The Balaban J connectivity index is 1.96. The Kier molecular flexibility index (Phi) is 3.86. The lowest BCUT2D eigenvalue weighted by atomic mass is 10.1. The summed E-state index contributed by atoms with van der Waals surface area (Å²) in [4.78, 5) is 3.86. The maximum atomic E-state index is 14.0. The van der Waals surface area contributed by atoms with Gasteiger partial charge in [-0.05, 0) is 41.1 Å². The summed E-state index contributed by atoms with van der Waals surface area (Å²) in [5.41, 5.74) is 0.157. The zero-order chi connectivity index (χ0) is 14.8. The van der Waals surface area contributed by atoms with E-state index in [1.165, 1.54) is 12.3 Å². The molecule has 0 radical (unpaired) electrons. The number of aliphatic hydroxyl groups is 1. The molecule has 1 aromatic heterocycles. The molecular weight excluding hydrogens is 337 g/mol. The summed E-state index contributed by atoms with van der Waals surface area (Å²) in [7, 11) is 0. The number of aliphatic hydroxyl groups excluding tert-OH is 1. The molecule has 1 N–H and O–H groups in total. The lowest BCUT2D eigenvalue weighted by molar-refractivity contribution is 0.273. The molecule has 106 valence electrons. The average molecular weight is 348 g/mol. The number of rotatable bonds is 3. The van der Waals surface area contributed by atoms with Crippen LogP contribution in [0.5, 0.6) is 11.6 Å². The van der Waals surface area contributed by atoms with Gasteiger partial charge in [-0.25, -0.2) is 9.37 Å². The van der Waals surface area contributed by atoms with E-state index in [2.05, 4.69) is 20.9 Å². The number of benzene rings is 2. The van der Waals surface area contributed by atoms with E-state index in [9.17, 15) is 4.39 Å². The second kappa shape index (κ2) is 5.79. The minimum absolute atomic E-state index is 0.141.